The molecule has 0 spiro atoms. The molecular formula is C67H45N3OSi. The highest BCUT2D eigenvalue weighted by atomic mass is 28.3. The molecular weight excluding hydrogens is 891 g/mol. The molecule has 0 atom stereocenters. The zero-order valence-electron chi connectivity index (χ0n) is 39.2. The summed E-state index contributed by atoms with van der Waals surface area (Å²) in [5, 5.41) is 9.52. The van der Waals surface area contributed by atoms with Crippen LogP contribution in [0.3, 0.4) is 0 Å². The molecule has 0 fully saturated rings. The lowest BCUT2D eigenvalue weighted by Crippen LogP contribution is -2.74. The lowest BCUT2D eigenvalue weighted by atomic mass is 9.86. The molecule has 0 bridgehead atoms. The van der Waals surface area contributed by atoms with Gasteiger partial charge in [-0.05, 0) is 83.6 Å². The van der Waals surface area contributed by atoms with Gasteiger partial charge in [0.05, 0.1) is 0 Å². The molecule has 4 nitrogen and oxygen atoms in total. The molecule has 0 radical (unpaired) electrons. The Balaban J connectivity index is 1.12. The first-order chi connectivity index (χ1) is 35.7. The molecule has 0 saturated carbocycles. The second kappa shape index (κ2) is 18.2. The predicted molar refractivity (Wildman–Crippen MR) is 301 cm³/mol. The first kappa shape index (κ1) is 42.8. The SMILES string of the molecule is c1ccc(-c2cc(-c3cccc([Si](c4ccccc4)(c4ccccc4)c4ccccc4)c3)c(-c3ccccc3)c(-c3nc(-c4ccccc4)nc(-c4cccc5oc6ccc7ccccc7c6c45)n3)c2)cc1. The van der Waals surface area contributed by atoms with Gasteiger partial charge in [0.1, 0.15) is 11.2 Å². The van der Waals surface area contributed by atoms with E-state index in [-0.39, 0.29) is 0 Å². The summed E-state index contributed by atoms with van der Waals surface area (Å²) in [6, 6.07) is 97.8. The Labute approximate surface area is 419 Å². The maximum Gasteiger partial charge on any atom is 0.179 e. The second-order valence-corrected chi connectivity index (χ2v) is 22.0. The van der Waals surface area contributed by atoms with Gasteiger partial charge in [-0.1, -0.05) is 249 Å². The topological polar surface area (TPSA) is 51.8 Å². The molecule has 0 aliphatic rings. The molecule has 72 heavy (non-hydrogen) atoms. The minimum absolute atomic E-state index is 0.567. The Morgan fingerprint density at radius 2 is 0.750 bits per heavy atom. The van der Waals surface area contributed by atoms with Crippen molar-refractivity contribution < 1.29 is 4.42 Å². The average molecular weight is 936 g/mol. The summed E-state index contributed by atoms with van der Waals surface area (Å²) in [5.74, 6) is 1.73. The van der Waals surface area contributed by atoms with Gasteiger partial charge in [0.25, 0.3) is 0 Å². The monoisotopic (exact) mass is 935 g/mol. The minimum Gasteiger partial charge on any atom is -0.456 e. The van der Waals surface area contributed by atoms with Crippen molar-refractivity contribution >= 4 is 61.5 Å². The number of rotatable bonds is 10. The first-order valence-electron chi connectivity index (χ1n) is 24.4. The fourth-order valence-electron chi connectivity index (χ4n) is 10.9. The van der Waals surface area contributed by atoms with Crippen LogP contribution in [0.5, 0.6) is 0 Å². The quantitative estimate of drug-likeness (QED) is 0.101. The summed E-state index contributed by atoms with van der Waals surface area (Å²) < 4.78 is 6.61. The van der Waals surface area contributed by atoms with Gasteiger partial charge in [-0.2, -0.15) is 0 Å². The molecule has 2 aromatic heterocycles. The molecule has 13 aromatic rings. The Bertz CT molecular complexity index is 3970. The number of aromatic nitrogens is 3. The smallest absolute Gasteiger partial charge is 0.179 e. The van der Waals surface area contributed by atoms with Gasteiger partial charge in [-0.15, -0.1) is 0 Å². The number of benzene rings is 11. The van der Waals surface area contributed by atoms with E-state index < -0.39 is 8.07 Å². The summed E-state index contributed by atoms with van der Waals surface area (Å²) in [4.78, 5) is 16.4. The standard InChI is InChI=1S/C67H45N3OSi/c1-7-23-46(24-8-1)51-44-58(50-30-21-37-55(43-50)72(52-31-13-4-14-32-52,53-33-15-5-16-34-53)54-35-17-6-18-36-54)62(48-26-9-2-10-27-48)59(45-51)67-69-65(49-28-11-3-12-29-49)68-66(70-67)57-39-22-40-60-64(57)63-56-38-20-19-25-47(56)41-42-61(63)71-60/h1-45H. The van der Waals surface area contributed by atoms with Crippen LogP contribution in [0.1, 0.15) is 0 Å². The highest BCUT2D eigenvalue weighted by Crippen LogP contribution is 2.44. The third kappa shape index (κ3) is 7.43. The Morgan fingerprint density at radius 3 is 1.39 bits per heavy atom. The number of hydrogen-bond donors (Lipinski definition) is 0. The van der Waals surface area contributed by atoms with Crippen molar-refractivity contribution in [2.45, 2.75) is 0 Å². The molecule has 0 aliphatic carbocycles. The van der Waals surface area contributed by atoms with Crippen molar-refractivity contribution in [3.8, 4) is 67.5 Å². The first-order valence-corrected chi connectivity index (χ1v) is 26.4. The third-order valence-electron chi connectivity index (χ3n) is 14.1. The van der Waals surface area contributed by atoms with Crippen LogP contribution in [0.15, 0.2) is 277 Å². The predicted octanol–water partition coefficient (Wildman–Crippen LogP) is 14.3. The van der Waals surface area contributed by atoms with Crippen LogP contribution in [0, 0.1) is 0 Å². The number of hydrogen-bond acceptors (Lipinski definition) is 4. The van der Waals surface area contributed by atoms with Crippen LogP contribution in [0.25, 0.3) is 100 Å². The highest BCUT2D eigenvalue weighted by molar-refractivity contribution is 7.19. The lowest BCUT2D eigenvalue weighted by Gasteiger charge is -2.34. The fraction of sp³-hybridized carbons (Fsp3) is 0. The van der Waals surface area contributed by atoms with Crippen molar-refractivity contribution in [1.82, 2.24) is 15.0 Å². The van der Waals surface area contributed by atoms with Crippen LogP contribution >= 0.6 is 0 Å². The lowest BCUT2D eigenvalue weighted by molar-refractivity contribution is 0.669. The van der Waals surface area contributed by atoms with Gasteiger partial charge in [-0.3, -0.25) is 0 Å². The van der Waals surface area contributed by atoms with Crippen molar-refractivity contribution in [2.75, 3.05) is 0 Å². The zero-order valence-corrected chi connectivity index (χ0v) is 40.2. The molecule has 338 valence electrons. The van der Waals surface area contributed by atoms with Crippen LogP contribution in [0.4, 0.5) is 0 Å². The molecule has 13 rings (SSSR count). The fourth-order valence-corrected chi connectivity index (χ4v) is 15.6. The van der Waals surface area contributed by atoms with E-state index in [4.69, 9.17) is 19.4 Å². The van der Waals surface area contributed by atoms with Gasteiger partial charge in [-0.25, -0.2) is 15.0 Å². The minimum atomic E-state index is -2.90. The average Bonchev–Trinajstić information content (AvgIpc) is 3.86. The molecule has 0 N–H and O–H groups in total. The van der Waals surface area contributed by atoms with Gasteiger partial charge in [0.15, 0.2) is 25.5 Å². The summed E-state index contributed by atoms with van der Waals surface area (Å²) in [7, 11) is -2.90. The number of nitrogens with zero attached hydrogens (tertiary/aromatic N) is 3. The van der Waals surface area contributed by atoms with Crippen molar-refractivity contribution in [1.29, 1.82) is 0 Å². The molecule has 0 aliphatic heterocycles. The Hall–Kier alpha value is -9.29. The van der Waals surface area contributed by atoms with Gasteiger partial charge in [0.2, 0.25) is 0 Å². The Morgan fingerprint density at radius 1 is 0.278 bits per heavy atom. The van der Waals surface area contributed by atoms with E-state index in [9.17, 15) is 0 Å². The van der Waals surface area contributed by atoms with Crippen molar-refractivity contribution in [3.05, 3.63) is 273 Å². The normalized spacial score (nSPS) is 11.6. The summed E-state index contributed by atoms with van der Waals surface area (Å²) in [6.07, 6.45) is 0. The van der Waals surface area contributed by atoms with Gasteiger partial charge < -0.3 is 4.42 Å². The van der Waals surface area contributed by atoms with Crippen LogP contribution in [-0.2, 0) is 0 Å². The van der Waals surface area contributed by atoms with E-state index in [1.807, 2.05) is 30.3 Å². The van der Waals surface area contributed by atoms with Crippen molar-refractivity contribution in [2.24, 2.45) is 0 Å². The largest absolute Gasteiger partial charge is 0.456 e. The van der Waals surface area contributed by atoms with Gasteiger partial charge >= 0.3 is 0 Å². The second-order valence-electron chi connectivity index (χ2n) is 18.2. The van der Waals surface area contributed by atoms with E-state index in [0.717, 1.165) is 82.8 Å². The molecule has 0 amide bonds. The molecule has 5 heteroatoms. The number of furan rings is 1. The van der Waals surface area contributed by atoms with Gasteiger partial charge in [0, 0.05) is 33.0 Å². The summed E-state index contributed by atoms with van der Waals surface area (Å²) >= 11 is 0. The van der Waals surface area contributed by atoms with Crippen LogP contribution < -0.4 is 20.7 Å². The maximum absolute atomic E-state index is 6.61. The molecule has 0 unspecified atom stereocenters. The molecule has 2 heterocycles. The van der Waals surface area contributed by atoms with E-state index >= 15 is 0 Å². The zero-order chi connectivity index (χ0) is 47.8. The number of fused-ring (bicyclic) bond motifs is 5. The summed E-state index contributed by atoms with van der Waals surface area (Å²) in [5.41, 5.74) is 10.7. The van der Waals surface area contributed by atoms with E-state index in [2.05, 4.69) is 243 Å². The third-order valence-corrected chi connectivity index (χ3v) is 18.8. The van der Waals surface area contributed by atoms with Crippen molar-refractivity contribution in [3.63, 3.8) is 0 Å². The Kier molecular flexibility index (Phi) is 10.8. The molecule has 0 saturated heterocycles. The van der Waals surface area contributed by atoms with Crippen LogP contribution in [-0.4, -0.2) is 23.0 Å². The van der Waals surface area contributed by atoms with E-state index in [0.29, 0.717) is 17.5 Å². The van der Waals surface area contributed by atoms with Crippen LogP contribution in [0.2, 0.25) is 0 Å². The van der Waals surface area contributed by atoms with E-state index in [1.165, 1.54) is 20.7 Å². The highest BCUT2D eigenvalue weighted by Gasteiger charge is 2.41. The summed E-state index contributed by atoms with van der Waals surface area (Å²) in [6.45, 7) is 0. The molecule has 11 aromatic carbocycles. The van der Waals surface area contributed by atoms with E-state index in [1.54, 1.807) is 0 Å². The maximum atomic E-state index is 6.61.